The molecule has 0 aliphatic rings. The predicted octanol–water partition coefficient (Wildman–Crippen LogP) is 6.04. The van der Waals surface area contributed by atoms with Crippen LogP contribution in [-0.2, 0) is 0 Å². The summed E-state index contributed by atoms with van der Waals surface area (Å²) in [6.45, 7) is 6.65. The zero-order chi connectivity index (χ0) is 25.7. The van der Waals surface area contributed by atoms with Gasteiger partial charge in [0.15, 0.2) is 0 Å². The Kier molecular flexibility index (Phi) is 7.68. The van der Waals surface area contributed by atoms with Crippen molar-refractivity contribution >= 4 is 22.6 Å². The minimum atomic E-state index is -0.435. The summed E-state index contributed by atoms with van der Waals surface area (Å²) < 4.78 is 6.93. The maximum atomic E-state index is 13.8. The quantitative estimate of drug-likeness (QED) is 0.331. The van der Waals surface area contributed by atoms with Crippen molar-refractivity contribution in [3.8, 4) is 11.4 Å². The summed E-state index contributed by atoms with van der Waals surface area (Å²) >= 11 is 0. The smallest absolute Gasteiger partial charge is 0.322 e. The molecule has 4 aromatic rings. The number of urea groups is 1. The van der Waals surface area contributed by atoms with Gasteiger partial charge in [-0.25, -0.2) is 9.78 Å². The molecule has 0 bridgehead atoms. The molecular weight excluding hydrogens is 452 g/mol. The van der Waals surface area contributed by atoms with Gasteiger partial charge in [-0.2, -0.15) is 0 Å². The van der Waals surface area contributed by atoms with E-state index in [-0.39, 0.29) is 17.5 Å². The first kappa shape index (κ1) is 25.0. The van der Waals surface area contributed by atoms with E-state index in [1.807, 2.05) is 79.7 Å². The molecule has 0 spiro atoms. The maximum Gasteiger partial charge on any atom is 0.322 e. The van der Waals surface area contributed by atoms with Crippen molar-refractivity contribution in [2.24, 2.45) is 5.92 Å². The number of carbonyl (C=O) groups is 1. The van der Waals surface area contributed by atoms with Gasteiger partial charge in [-0.05, 0) is 60.9 Å². The molecule has 1 atom stereocenters. The second-order valence-corrected chi connectivity index (χ2v) is 9.09. The molecule has 3 aromatic carbocycles. The fraction of sp³-hybridized carbons (Fsp3) is 0.276. The van der Waals surface area contributed by atoms with Crippen LogP contribution in [-0.4, -0.2) is 34.1 Å². The average Bonchev–Trinajstić information content (AvgIpc) is 2.89. The molecule has 2 amide bonds. The van der Waals surface area contributed by atoms with Crippen LogP contribution in [0.25, 0.3) is 16.6 Å². The number of ether oxygens (including phenoxy) is 1. The molecule has 7 nitrogen and oxygen atoms in total. The number of hydrogen-bond donors (Lipinski definition) is 1. The Labute approximate surface area is 211 Å². The molecule has 0 radical (unpaired) electrons. The largest absolute Gasteiger partial charge is 0.497 e. The third-order valence-corrected chi connectivity index (χ3v) is 6.04. The van der Waals surface area contributed by atoms with Crippen LogP contribution in [0, 0.1) is 5.92 Å². The zero-order valence-electron chi connectivity index (χ0n) is 21.1. The van der Waals surface area contributed by atoms with Crippen LogP contribution in [0.4, 0.5) is 10.5 Å². The molecule has 1 N–H and O–H groups in total. The van der Waals surface area contributed by atoms with Gasteiger partial charge >= 0.3 is 6.03 Å². The molecule has 0 fully saturated rings. The normalized spacial score (nSPS) is 11.9. The van der Waals surface area contributed by atoms with Crippen LogP contribution in [0.2, 0.25) is 0 Å². The molecule has 1 unspecified atom stereocenters. The molecule has 186 valence electrons. The zero-order valence-corrected chi connectivity index (χ0v) is 21.1. The van der Waals surface area contributed by atoms with Gasteiger partial charge in [-0.15, -0.1) is 0 Å². The highest BCUT2D eigenvalue weighted by atomic mass is 16.5. The van der Waals surface area contributed by atoms with Gasteiger partial charge in [0.05, 0.1) is 29.7 Å². The molecular formula is C29H32N4O3. The Morgan fingerprint density at radius 3 is 2.31 bits per heavy atom. The second-order valence-electron chi connectivity index (χ2n) is 9.09. The van der Waals surface area contributed by atoms with Crippen LogP contribution < -0.4 is 15.6 Å². The Bertz CT molecular complexity index is 1380. The molecule has 7 heteroatoms. The van der Waals surface area contributed by atoms with E-state index in [9.17, 15) is 9.59 Å². The minimum absolute atomic E-state index is 0.174. The maximum absolute atomic E-state index is 13.8. The average molecular weight is 485 g/mol. The summed E-state index contributed by atoms with van der Waals surface area (Å²) in [5.41, 5.74) is 1.81. The summed E-state index contributed by atoms with van der Waals surface area (Å²) in [7, 11) is 1.60. The number of anilines is 1. The molecule has 0 aliphatic carbocycles. The highest BCUT2D eigenvalue weighted by Crippen LogP contribution is 2.28. The number of nitrogens with one attached hydrogen (secondary N) is 1. The molecule has 1 heterocycles. The van der Waals surface area contributed by atoms with Crippen molar-refractivity contribution in [1.82, 2.24) is 14.5 Å². The van der Waals surface area contributed by atoms with Crippen molar-refractivity contribution in [3.05, 3.63) is 95.0 Å². The number of rotatable bonds is 8. The van der Waals surface area contributed by atoms with E-state index in [1.54, 1.807) is 22.6 Å². The number of benzene rings is 3. The minimum Gasteiger partial charge on any atom is -0.497 e. The molecule has 36 heavy (non-hydrogen) atoms. The van der Waals surface area contributed by atoms with Gasteiger partial charge in [0, 0.05) is 12.2 Å². The van der Waals surface area contributed by atoms with Crippen LogP contribution >= 0.6 is 0 Å². The summed E-state index contributed by atoms with van der Waals surface area (Å²) in [6, 6.07) is 23.3. The number of para-hydroxylation sites is 2. The van der Waals surface area contributed by atoms with E-state index in [2.05, 4.69) is 19.2 Å². The number of amides is 2. The molecule has 1 aromatic heterocycles. The molecule has 0 saturated carbocycles. The summed E-state index contributed by atoms with van der Waals surface area (Å²) in [5, 5.41) is 3.54. The molecule has 0 aliphatic heterocycles. The van der Waals surface area contributed by atoms with Gasteiger partial charge in [0.25, 0.3) is 5.56 Å². The number of fused-ring (bicyclic) bond motifs is 1. The lowest BCUT2D eigenvalue weighted by molar-refractivity contribution is 0.171. The lowest BCUT2D eigenvalue weighted by Gasteiger charge is -2.33. The van der Waals surface area contributed by atoms with Crippen LogP contribution in [0.5, 0.6) is 5.75 Å². The van der Waals surface area contributed by atoms with E-state index < -0.39 is 6.04 Å². The van der Waals surface area contributed by atoms with Crippen molar-refractivity contribution in [3.63, 3.8) is 0 Å². The first-order valence-corrected chi connectivity index (χ1v) is 12.2. The van der Waals surface area contributed by atoms with Gasteiger partial charge in [0.1, 0.15) is 11.6 Å². The third-order valence-electron chi connectivity index (χ3n) is 6.04. The second kappa shape index (κ2) is 11.1. The Hall–Kier alpha value is -4.13. The van der Waals surface area contributed by atoms with E-state index in [0.717, 1.165) is 0 Å². The van der Waals surface area contributed by atoms with Gasteiger partial charge in [0.2, 0.25) is 0 Å². The first-order chi connectivity index (χ1) is 17.4. The topological polar surface area (TPSA) is 76.5 Å². The fourth-order valence-electron chi connectivity index (χ4n) is 4.36. The van der Waals surface area contributed by atoms with Crippen molar-refractivity contribution in [2.45, 2.75) is 33.2 Å². The SMILES string of the molecule is CCC(c1nc2ccccc2c(=O)n1-c1ccc(OC)cc1)N(CC(C)C)C(=O)Nc1ccccc1. The lowest BCUT2D eigenvalue weighted by Crippen LogP contribution is -2.42. The van der Waals surface area contributed by atoms with E-state index >= 15 is 0 Å². The van der Waals surface area contributed by atoms with E-state index in [0.29, 0.717) is 46.8 Å². The summed E-state index contributed by atoms with van der Waals surface area (Å²) in [6.07, 6.45) is 0.579. The molecule has 0 saturated heterocycles. The van der Waals surface area contributed by atoms with Gasteiger partial charge < -0.3 is 15.0 Å². The number of nitrogens with zero attached hydrogens (tertiary/aromatic N) is 3. The van der Waals surface area contributed by atoms with Gasteiger partial charge in [-0.3, -0.25) is 9.36 Å². The standard InChI is InChI=1S/C29H32N4O3/c1-5-26(32(19-20(2)3)29(35)30-21-11-7-6-8-12-21)27-31-25-14-10-9-13-24(25)28(34)33(27)22-15-17-23(36-4)18-16-22/h6-18,20,26H,5,19H2,1-4H3,(H,30,35). The number of methoxy groups -OCH3 is 1. The van der Waals surface area contributed by atoms with E-state index in [4.69, 9.17) is 9.72 Å². The Morgan fingerprint density at radius 1 is 1.00 bits per heavy atom. The van der Waals surface area contributed by atoms with Crippen molar-refractivity contribution < 1.29 is 9.53 Å². The van der Waals surface area contributed by atoms with Crippen LogP contribution in [0.1, 0.15) is 39.1 Å². The van der Waals surface area contributed by atoms with Crippen LogP contribution in [0.3, 0.4) is 0 Å². The first-order valence-electron chi connectivity index (χ1n) is 12.2. The van der Waals surface area contributed by atoms with Crippen LogP contribution in [0.15, 0.2) is 83.7 Å². The lowest BCUT2D eigenvalue weighted by atomic mass is 10.1. The number of aromatic nitrogens is 2. The third kappa shape index (κ3) is 5.25. The number of carbonyl (C=O) groups excluding carboxylic acids is 1. The molecule has 4 rings (SSSR count). The summed E-state index contributed by atoms with van der Waals surface area (Å²) in [5.74, 6) is 1.43. The van der Waals surface area contributed by atoms with Crippen molar-refractivity contribution in [2.75, 3.05) is 19.0 Å². The summed E-state index contributed by atoms with van der Waals surface area (Å²) in [4.78, 5) is 34.1. The monoisotopic (exact) mass is 484 g/mol. The highest BCUT2D eigenvalue weighted by molar-refractivity contribution is 5.89. The van der Waals surface area contributed by atoms with Gasteiger partial charge in [-0.1, -0.05) is 51.1 Å². The fourth-order valence-corrected chi connectivity index (χ4v) is 4.36. The number of hydrogen-bond acceptors (Lipinski definition) is 4. The predicted molar refractivity (Wildman–Crippen MR) is 144 cm³/mol. The highest BCUT2D eigenvalue weighted by Gasteiger charge is 2.29. The van der Waals surface area contributed by atoms with Crippen molar-refractivity contribution in [1.29, 1.82) is 0 Å². The Morgan fingerprint density at radius 2 is 1.67 bits per heavy atom. The van der Waals surface area contributed by atoms with E-state index in [1.165, 1.54) is 0 Å². The Balaban J connectivity index is 1.88.